The second-order valence-electron chi connectivity index (χ2n) is 6.83. The van der Waals surface area contributed by atoms with E-state index in [1.807, 2.05) is 0 Å². The Hall–Kier alpha value is -3.24. The van der Waals surface area contributed by atoms with E-state index in [-0.39, 0.29) is 5.69 Å². The van der Waals surface area contributed by atoms with E-state index in [0.717, 1.165) is 6.42 Å². The van der Waals surface area contributed by atoms with Gasteiger partial charge in [-0.3, -0.25) is 4.79 Å². The van der Waals surface area contributed by atoms with Crippen molar-refractivity contribution in [3.63, 3.8) is 0 Å². The van der Waals surface area contributed by atoms with Crippen molar-refractivity contribution in [3.05, 3.63) is 55.9 Å². The molecule has 9 nitrogen and oxygen atoms in total. The van der Waals surface area contributed by atoms with Gasteiger partial charge in [-0.15, -0.1) is 0 Å². The zero-order valence-electron chi connectivity index (χ0n) is 16.5. The third kappa shape index (κ3) is 5.14. The Labute approximate surface area is 194 Å². The maximum Gasteiger partial charge on any atom is 0.331 e. The molecular formula is C21H17BrClN3O6. The van der Waals surface area contributed by atoms with Crippen LogP contribution in [0.1, 0.15) is 12.0 Å². The smallest absolute Gasteiger partial charge is 0.331 e. The quantitative estimate of drug-likeness (QED) is 0.347. The Morgan fingerprint density at radius 2 is 1.91 bits per heavy atom. The van der Waals surface area contributed by atoms with Gasteiger partial charge in [0.1, 0.15) is 0 Å². The first-order valence-electron chi connectivity index (χ1n) is 9.54. The topological polar surface area (TPSA) is 123 Å². The number of carbonyl (C=O) groups is 2. The minimum atomic E-state index is -0.701. The molecule has 1 aliphatic heterocycles. The number of benzene rings is 2. The zero-order valence-corrected chi connectivity index (χ0v) is 18.8. The SMILES string of the molecule is O=C(COC(=O)/C=C/c1cc(Cl)c2c(c1)OCCCO2)Nc1cc2[nH]c(=O)[nH]c2cc1Br. The number of rotatable bonds is 5. The van der Waals surface area contributed by atoms with Crippen LogP contribution in [0, 0.1) is 0 Å². The molecule has 2 aromatic carbocycles. The molecule has 166 valence electrons. The summed E-state index contributed by atoms with van der Waals surface area (Å²) in [5, 5.41) is 3.00. The fourth-order valence-corrected chi connectivity index (χ4v) is 3.75. The van der Waals surface area contributed by atoms with Crippen LogP contribution in [0.5, 0.6) is 11.5 Å². The van der Waals surface area contributed by atoms with Gasteiger partial charge < -0.3 is 29.5 Å². The van der Waals surface area contributed by atoms with Gasteiger partial charge in [0.2, 0.25) is 0 Å². The van der Waals surface area contributed by atoms with E-state index in [2.05, 4.69) is 31.2 Å². The Bertz CT molecular complexity index is 1280. The molecular weight excluding hydrogens is 506 g/mol. The number of H-pyrrole nitrogens is 2. The summed E-state index contributed by atoms with van der Waals surface area (Å²) in [7, 11) is 0. The molecule has 3 N–H and O–H groups in total. The van der Waals surface area contributed by atoms with Gasteiger partial charge in [-0.05, 0) is 51.8 Å². The number of esters is 1. The minimum absolute atomic E-state index is 0.356. The molecule has 0 atom stereocenters. The maximum absolute atomic E-state index is 12.2. The van der Waals surface area contributed by atoms with Gasteiger partial charge in [0, 0.05) is 17.0 Å². The molecule has 4 rings (SSSR count). The van der Waals surface area contributed by atoms with Gasteiger partial charge in [-0.1, -0.05) is 11.6 Å². The molecule has 0 unspecified atom stereocenters. The highest BCUT2D eigenvalue weighted by molar-refractivity contribution is 9.10. The highest BCUT2D eigenvalue weighted by Gasteiger charge is 2.15. The van der Waals surface area contributed by atoms with Crippen molar-refractivity contribution >= 4 is 62.2 Å². The average Bonchev–Trinajstić information content (AvgIpc) is 2.95. The lowest BCUT2D eigenvalue weighted by Gasteiger charge is -2.10. The van der Waals surface area contributed by atoms with E-state index in [9.17, 15) is 14.4 Å². The van der Waals surface area contributed by atoms with Crippen LogP contribution in [0.3, 0.4) is 0 Å². The minimum Gasteiger partial charge on any atom is -0.489 e. The van der Waals surface area contributed by atoms with E-state index >= 15 is 0 Å². The van der Waals surface area contributed by atoms with Crippen molar-refractivity contribution in [1.82, 2.24) is 9.97 Å². The maximum atomic E-state index is 12.2. The zero-order chi connectivity index (χ0) is 22.7. The molecule has 1 aromatic heterocycles. The molecule has 0 saturated carbocycles. The summed E-state index contributed by atoms with van der Waals surface area (Å²) in [6, 6.07) is 6.59. The van der Waals surface area contributed by atoms with Crippen molar-refractivity contribution in [3.8, 4) is 11.5 Å². The first-order valence-corrected chi connectivity index (χ1v) is 10.7. The van der Waals surface area contributed by atoms with E-state index in [4.69, 9.17) is 25.8 Å². The Kier molecular flexibility index (Phi) is 6.52. The van der Waals surface area contributed by atoms with Crippen LogP contribution >= 0.6 is 27.5 Å². The number of imidazole rings is 1. The summed E-state index contributed by atoms with van der Waals surface area (Å²) in [6.07, 6.45) is 3.45. The summed E-state index contributed by atoms with van der Waals surface area (Å²) < 4.78 is 16.7. The van der Waals surface area contributed by atoms with Crippen LogP contribution in [0.15, 0.2) is 39.6 Å². The summed E-state index contributed by atoms with van der Waals surface area (Å²) >= 11 is 9.56. The number of halogens is 2. The van der Waals surface area contributed by atoms with Crippen LogP contribution in [-0.2, 0) is 14.3 Å². The molecule has 2 heterocycles. The van der Waals surface area contributed by atoms with Gasteiger partial charge in [0.15, 0.2) is 18.1 Å². The second-order valence-corrected chi connectivity index (χ2v) is 8.09. The number of carbonyl (C=O) groups excluding carboxylic acids is 2. The highest BCUT2D eigenvalue weighted by atomic mass is 79.9. The summed E-state index contributed by atoms with van der Waals surface area (Å²) in [6.45, 7) is 0.542. The number of aromatic nitrogens is 2. The van der Waals surface area contributed by atoms with Gasteiger partial charge in [-0.2, -0.15) is 0 Å². The molecule has 0 radical (unpaired) electrons. The van der Waals surface area contributed by atoms with Crippen LogP contribution in [0.4, 0.5) is 5.69 Å². The number of anilines is 1. The van der Waals surface area contributed by atoms with Crippen LogP contribution in [0.2, 0.25) is 5.02 Å². The molecule has 11 heteroatoms. The van der Waals surface area contributed by atoms with Crippen molar-refractivity contribution in [2.45, 2.75) is 6.42 Å². The lowest BCUT2D eigenvalue weighted by molar-refractivity contribution is -0.142. The summed E-state index contributed by atoms with van der Waals surface area (Å²) in [5.41, 5.74) is 1.81. The van der Waals surface area contributed by atoms with E-state index in [0.29, 0.717) is 56.5 Å². The molecule has 0 bridgehead atoms. The number of hydrogen-bond acceptors (Lipinski definition) is 6. The first-order chi connectivity index (χ1) is 15.4. The van der Waals surface area contributed by atoms with E-state index in [1.165, 1.54) is 12.2 Å². The third-order valence-corrected chi connectivity index (χ3v) is 5.40. The first kappa shape index (κ1) is 22.0. The average molecular weight is 523 g/mol. The van der Waals surface area contributed by atoms with Crippen LogP contribution in [0.25, 0.3) is 17.1 Å². The largest absolute Gasteiger partial charge is 0.489 e. The fraction of sp³-hybridized carbons (Fsp3) is 0.190. The monoisotopic (exact) mass is 521 g/mol. The van der Waals surface area contributed by atoms with Crippen molar-refractivity contribution in [2.24, 2.45) is 0 Å². The Morgan fingerprint density at radius 3 is 2.72 bits per heavy atom. The number of amides is 1. The Morgan fingerprint density at radius 1 is 1.16 bits per heavy atom. The molecule has 32 heavy (non-hydrogen) atoms. The number of aromatic amines is 2. The third-order valence-electron chi connectivity index (χ3n) is 4.46. The van der Waals surface area contributed by atoms with Gasteiger partial charge in [0.25, 0.3) is 5.91 Å². The van der Waals surface area contributed by atoms with Gasteiger partial charge in [-0.25, -0.2) is 9.59 Å². The molecule has 0 fully saturated rings. The number of fused-ring (bicyclic) bond motifs is 2. The van der Waals surface area contributed by atoms with Crippen LogP contribution in [-0.4, -0.2) is 41.7 Å². The molecule has 0 spiro atoms. The van der Waals surface area contributed by atoms with Crippen LogP contribution < -0.4 is 20.5 Å². The molecule has 1 aliphatic rings. The highest BCUT2D eigenvalue weighted by Crippen LogP contribution is 2.38. The van der Waals surface area contributed by atoms with Gasteiger partial charge >= 0.3 is 11.7 Å². The second kappa shape index (κ2) is 9.49. The predicted octanol–water partition coefficient (Wildman–Crippen LogP) is 3.63. The lowest BCUT2D eigenvalue weighted by Crippen LogP contribution is -2.20. The Balaban J connectivity index is 1.35. The van der Waals surface area contributed by atoms with E-state index in [1.54, 1.807) is 24.3 Å². The molecule has 3 aromatic rings. The number of hydrogen-bond donors (Lipinski definition) is 3. The molecule has 1 amide bonds. The van der Waals surface area contributed by atoms with Crippen molar-refractivity contribution in [2.75, 3.05) is 25.1 Å². The standard InChI is InChI=1S/C21H17BrClN3O6/c22-12-8-15-16(26-21(29)25-15)9-14(12)24-18(27)10-32-19(28)3-2-11-6-13(23)20-17(7-11)30-4-1-5-31-20/h2-3,6-9H,1,4-5,10H2,(H,24,27)(H2,25,26,29)/b3-2+. The lowest BCUT2D eigenvalue weighted by atomic mass is 10.2. The normalized spacial score (nSPS) is 13.2. The fourth-order valence-electron chi connectivity index (χ4n) is 3.03. The number of ether oxygens (including phenoxy) is 3. The summed E-state index contributed by atoms with van der Waals surface area (Å²) in [4.78, 5) is 40.8. The van der Waals surface area contributed by atoms with Gasteiger partial charge in [0.05, 0.1) is 35.0 Å². The van der Waals surface area contributed by atoms with Crippen molar-refractivity contribution in [1.29, 1.82) is 0 Å². The molecule has 0 aliphatic carbocycles. The summed E-state index contributed by atoms with van der Waals surface area (Å²) in [5.74, 6) is -0.251. The van der Waals surface area contributed by atoms with Crippen molar-refractivity contribution < 1.29 is 23.8 Å². The van der Waals surface area contributed by atoms with E-state index < -0.39 is 18.5 Å². The predicted molar refractivity (Wildman–Crippen MR) is 122 cm³/mol. The molecule has 0 saturated heterocycles. The number of nitrogens with one attached hydrogen (secondary N) is 3.